The van der Waals surface area contributed by atoms with Crippen molar-refractivity contribution in [1.29, 1.82) is 0 Å². The second kappa shape index (κ2) is 10.5. The molecule has 0 bridgehead atoms. The summed E-state index contributed by atoms with van der Waals surface area (Å²) in [6, 6.07) is 9.74. The number of hydrogen-bond acceptors (Lipinski definition) is 3. The average molecular weight is 465 g/mol. The van der Waals surface area contributed by atoms with Gasteiger partial charge in [0.1, 0.15) is 5.75 Å². The Morgan fingerprint density at radius 3 is 2.26 bits per heavy atom. The molecule has 31 heavy (non-hydrogen) atoms. The van der Waals surface area contributed by atoms with Crippen LogP contribution in [-0.2, 0) is 13.0 Å². The summed E-state index contributed by atoms with van der Waals surface area (Å²) in [5, 5.41) is 7.12. The van der Waals surface area contributed by atoms with Crippen LogP contribution in [0.4, 0.5) is 27.6 Å². The normalized spacial score (nSPS) is 13.2. The summed E-state index contributed by atoms with van der Waals surface area (Å²) in [6.07, 6.45) is -7.16. The standard InChI is InChI=1S/C22H26ClF5N2O/c1-4-29-12-11-17-7-10-19(23)20(14(17)2)30-13-16-5-8-18(9-6-16)31-15(3)21(24,25)22(26,27)28/h5-10,15,29-30H,4,11-13H2,1-3H3. The van der Waals surface area contributed by atoms with Crippen molar-refractivity contribution in [3.8, 4) is 5.75 Å². The van der Waals surface area contributed by atoms with Gasteiger partial charge in [0.15, 0.2) is 6.10 Å². The van der Waals surface area contributed by atoms with E-state index < -0.39 is 18.2 Å². The van der Waals surface area contributed by atoms with E-state index in [1.165, 1.54) is 12.1 Å². The number of anilines is 1. The highest BCUT2D eigenvalue weighted by molar-refractivity contribution is 6.33. The molecule has 0 amide bonds. The van der Waals surface area contributed by atoms with Crippen LogP contribution in [0.1, 0.15) is 30.5 Å². The third kappa shape index (κ3) is 6.46. The lowest BCUT2D eigenvalue weighted by Crippen LogP contribution is -2.48. The molecule has 0 saturated carbocycles. The number of hydrogen-bond donors (Lipinski definition) is 2. The van der Waals surface area contributed by atoms with Crippen LogP contribution >= 0.6 is 11.6 Å². The SMILES string of the molecule is CCNCCc1ccc(Cl)c(NCc2ccc(OC(C)C(F)(F)C(F)(F)F)cc2)c1C. The van der Waals surface area contributed by atoms with Crippen molar-refractivity contribution >= 4 is 17.3 Å². The number of benzene rings is 2. The van der Waals surface area contributed by atoms with Gasteiger partial charge in [-0.3, -0.25) is 0 Å². The van der Waals surface area contributed by atoms with E-state index >= 15 is 0 Å². The zero-order valence-electron chi connectivity index (χ0n) is 17.5. The molecule has 0 aliphatic carbocycles. The fourth-order valence-corrected chi connectivity index (χ4v) is 3.27. The zero-order valence-corrected chi connectivity index (χ0v) is 18.3. The first-order valence-electron chi connectivity index (χ1n) is 9.90. The van der Waals surface area contributed by atoms with E-state index in [9.17, 15) is 22.0 Å². The molecule has 0 saturated heterocycles. The minimum atomic E-state index is -5.67. The highest BCUT2D eigenvalue weighted by Gasteiger charge is 2.62. The van der Waals surface area contributed by atoms with Crippen molar-refractivity contribution in [2.24, 2.45) is 0 Å². The van der Waals surface area contributed by atoms with Gasteiger partial charge in [-0.05, 0) is 68.2 Å². The van der Waals surface area contributed by atoms with Crippen LogP contribution in [0.2, 0.25) is 5.02 Å². The van der Waals surface area contributed by atoms with Crippen LogP contribution in [0.3, 0.4) is 0 Å². The lowest BCUT2D eigenvalue weighted by atomic mass is 10.0. The van der Waals surface area contributed by atoms with Crippen molar-refractivity contribution in [1.82, 2.24) is 5.32 Å². The molecular formula is C22H26ClF5N2O. The first-order chi connectivity index (χ1) is 14.5. The zero-order chi connectivity index (χ0) is 23.2. The maximum absolute atomic E-state index is 13.3. The Morgan fingerprint density at radius 2 is 1.68 bits per heavy atom. The number of alkyl halides is 5. The molecule has 0 aromatic heterocycles. The van der Waals surface area contributed by atoms with E-state index in [0.29, 0.717) is 18.5 Å². The number of nitrogens with one attached hydrogen (secondary N) is 2. The van der Waals surface area contributed by atoms with Gasteiger partial charge in [0, 0.05) is 6.54 Å². The van der Waals surface area contributed by atoms with E-state index in [2.05, 4.69) is 10.6 Å². The smallest absolute Gasteiger partial charge is 0.457 e. The molecule has 2 aromatic carbocycles. The third-order valence-electron chi connectivity index (χ3n) is 4.94. The molecule has 0 aliphatic heterocycles. The molecule has 0 spiro atoms. The second-order valence-electron chi connectivity index (χ2n) is 7.19. The minimum absolute atomic E-state index is 0.0696. The van der Waals surface area contributed by atoms with Gasteiger partial charge in [-0.1, -0.05) is 36.7 Å². The molecule has 9 heteroatoms. The van der Waals surface area contributed by atoms with Gasteiger partial charge in [0.2, 0.25) is 0 Å². The molecular weight excluding hydrogens is 439 g/mol. The molecule has 2 rings (SSSR count). The predicted octanol–water partition coefficient (Wildman–Crippen LogP) is 6.38. The number of likely N-dealkylation sites (N-methyl/N-ethyl adjacent to an activating group) is 1. The predicted molar refractivity (Wildman–Crippen MR) is 113 cm³/mol. The molecule has 0 fully saturated rings. The largest absolute Gasteiger partial charge is 0.484 e. The van der Waals surface area contributed by atoms with Crippen molar-refractivity contribution in [3.63, 3.8) is 0 Å². The number of halogens is 6. The Hall–Kier alpha value is -2.06. The summed E-state index contributed by atoms with van der Waals surface area (Å²) >= 11 is 6.33. The maximum atomic E-state index is 13.3. The topological polar surface area (TPSA) is 33.3 Å². The van der Waals surface area contributed by atoms with E-state index in [0.717, 1.165) is 41.9 Å². The quantitative estimate of drug-likeness (QED) is 0.316. The molecule has 1 unspecified atom stereocenters. The van der Waals surface area contributed by atoms with Crippen molar-refractivity contribution in [2.45, 2.75) is 51.9 Å². The van der Waals surface area contributed by atoms with Crippen LogP contribution < -0.4 is 15.4 Å². The Balaban J connectivity index is 2.02. The average Bonchev–Trinajstić information content (AvgIpc) is 2.70. The molecule has 1 atom stereocenters. The van der Waals surface area contributed by atoms with E-state index in [1.807, 2.05) is 26.0 Å². The Labute approximate surface area is 183 Å². The van der Waals surface area contributed by atoms with Crippen LogP contribution in [0.15, 0.2) is 36.4 Å². The monoisotopic (exact) mass is 464 g/mol. The molecule has 2 aromatic rings. The summed E-state index contributed by atoms with van der Waals surface area (Å²) in [7, 11) is 0. The molecule has 0 aliphatic rings. The van der Waals surface area contributed by atoms with Crippen molar-refractivity contribution < 1.29 is 26.7 Å². The number of rotatable bonds is 10. The summed E-state index contributed by atoms with van der Waals surface area (Å²) in [4.78, 5) is 0. The van der Waals surface area contributed by atoms with Gasteiger partial charge < -0.3 is 15.4 Å². The fourth-order valence-electron chi connectivity index (χ4n) is 2.99. The summed E-state index contributed by atoms with van der Waals surface area (Å²) < 4.78 is 68.8. The Bertz CT molecular complexity index is 856. The van der Waals surface area contributed by atoms with Crippen molar-refractivity contribution in [2.75, 3.05) is 18.4 Å². The van der Waals surface area contributed by atoms with Crippen molar-refractivity contribution in [3.05, 3.63) is 58.1 Å². The van der Waals surface area contributed by atoms with Gasteiger partial charge >= 0.3 is 12.1 Å². The Kier molecular flexibility index (Phi) is 8.54. The summed E-state index contributed by atoms with van der Waals surface area (Å²) in [5.41, 5.74) is 3.79. The highest BCUT2D eigenvalue weighted by Crippen LogP contribution is 2.39. The molecule has 0 heterocycles. The van der Waals surface area contributed by atoms with Crippen LogP contribution in [0.25, 0.3) is 0 Å². The van der Waals surface area contributed by atoms with E-state index in [-0.39, 0.29) is 5.75 Å². The minimum Gasteiger partial charge on any atom is -0.484 e. The van der Waals surface area contributed by atoms with Crippen LogP contribution in [0.5, 0.6) is 5.75 Å². The maximum Gasteiger partial charge on any atom is 0.457 e. The highest BCUT2D eigenvalue weighted by atomic mass is 35.5. The van der Waals surface area contributed by atoms with Crippen LogP contribution in [0, 0.1) is 6.92 Å². The first-order valence-corrected chi connectivity index (χ1v) is 10.3. The van der Waals surface area contributed by atoms with Gasteiger partial charge in [0.05, 0.1) is 10.7 Å². The fraction of sp³-hybridized carbons (Fsp3) is 0.455. The van der Waals surface area contributed by atoms with E-state index in [1.54, 1.807) is 12.1 Å². The molecule has 0 radical (unpaired) electrons. The van der Waals surface area contributed by atoms with Gasteiger partial charge in [-0.15, -0.1) is 0 Å². The molecule has 172 valence electrons. The molecule has 2 N–H and O–H groups in total. The second-order valence-corrected chi connectivity index (χ2v) is 7.60. The lowest BCUT2D eigenvalue weighted by molar-refractivity contribution is -0.306. The van der Waals surface area contributed by atoms with Gasteiger partial charge in [0.25, 0.3) is 0 Å². The summed E-state index contributed by atoms with van der Waals surface area (Å²) in [6.45, 7) is 6.85. The number of ether oxygens (including phenoxy) is 1. The van der Waals surface area contributed by atoms with E-state index in [4.69, 9.17) is 16.3 Å². The third-order valence-corrected chi connectivity index (χ3v) is 5.26. The molecule has 3 nitrogen and oxygen atoms in total. The van der Waals surface area contributed by atoms with Crippen LogP contribution in [-0.4, -0.2) is 31.3 Å². The summed E-state index contributed by atoms with van der Waals surface area (Å²) in [5.74, 6) is -5.01. The van der Waals surface area contributed by atoms with Gasteiger partial charge in [-0.25, -0.2) is 0 Å². The lowest BCUT2D eigenvalue weighted by Gasteiger charge is -2.26. The van der Waals surface area contributed by atoms with Gasteiger partial charge in [-0.2, -0.15) is 22.0 Å². The Morgan fingerprint density at radius 1 is 1.03 bits per heavy atom. The first kappa shape index (κ1) is 25.2.